The van der Waals surface area contributed by atoms with Crippen molar-refractivity contribution in [2.24, 2.45) is 5.73 Å². The normalized spacial score (nSPS) is 10.2. The molecule has 0 unspecified atom stereocenters. The van der Waals surface area contributed by atoms with Gasteiger partial charge in [-0.15, -0.1) is 0 Å². The van der Waals surface area contributed by atoms with Crippen molar-refractivity contribution in [3.8, 4) is 5.69 Å². The Bertz CT molecular complexity index is 648. The molecule has 0 aromatic carbocycles. The number of hydrogen-bond donors (Lipinski definition) is 3. The van der Waals surface area contributed by atoms with Crippen LogP contribution in [0, 0.1) is 0 Å². The molecule has 0 saturated carbocycles. The Morgan fingerprint density at radius 2 is 2.16 bits per heavy atom. The number of nitrogen functional groups attached to an aromatic ring is 1. The average Bonchev–Trinajstić information content (AvgIpc) is 2.80. The number of hydrogen-bond acceptors (Lipinski definition) is 5. The summed E-state index contributed by atoms with van der Waals surface area (Å²) in [6, 6.07) is 3.15. The zero-order valence-electron chi connectivity index (χ0n) is 10.1. The Morgan fingerprint density at radius 1 is 1.42 bits per heavy atom. The average molecular weight is 260 g/mol. The largest absolute Gasteiger partial charge is 0.396 e. The summed E-state index contributed by atoms with van der Waals surface area (Å²) < 4.78 is 1.36. The molecule has 0 aliphatic rings. The lowest BCUT2D eigenvalue weighted by molar-refractivity contribution is 0.0956. The fourth-order valence-corrected chi connectivity index (χ4v) is 1.53. The van der Waals surface area contributed by atoms with E-state index in [1.165, 1.54) is 30.2 Å². The highest BCUT2D eigenvalue weighted by molar-refractivity contribution is 5.96. The van der Waals surface area contributed by atoms with Gasteiger partial charge >= 0.3 is 0 Å². The van der Waals surface area contributed by atoms with Gasteiger partial charge in [0, 0.05) is 13.2 Å². The van der Waals surface area contributed by atoms with Gasteiger partial charge in [0.05, 0.1) is 17.6 Å². The number of aromatic nitrogens is 3. The Labute approximate surface area is 108 Å². The molecule has 5 N–H and O–H groups in total. The Balaban J connectivity index is 2.45. The predicted molar refractivity (Wildman–Crippen MR) is 67.7 cm³/mol. The lowest BCUT2D eigenvalue weighted by Crippen LogP contribution is -2.19. The van der Waals surface area contributed by atoms with Gasteiger partial charge in [0.15, 0.2) is 5.69 Å². The van der Waals surface area contributed by atoms with Crippen LogP contribution in [0.3, 0.4) is 0 Å². The molecule has 0 aliphatic carbocycles. The first-order chi connectivity index (χ1) is 9.02. The van der Waals surface area contributed by atoms with Crippen molar-refractivity contribution in [3.63, 3.8) is 0 Å². The zero-order chi connectivity index (χ0) is 14.0. The van der Waals surface area contributed by atoms with E-state index in [0.717, 1.165) is 0 Å². The molecule has 0 atom stereocenters. The number of anilines is 1. The molecule has 2 rings (SSSR count). The molecule has 0 spiro atoms. The van der Waals surface area contributed by atoms with Crippen molar-refractivity contribution in [3.05, 3.63) is 35.9 Å². The van der Waals surface area contributed by atoms with Gasteiger partial charge in [-0.3, -0.25) is 14.6 Å². The van der Waals surface area contributed by atoms with Crippen LogP contribution in [0.4, 0.5) is 5.69 Å². The predicted octanol–water partition coefficient (Wildman–Crippen LogP) is -0.692. The number of nitrogens with zero attached hydrogens (tertiary/aromatic N) is 3. The molecule has 0 aliphatic heterocycles. The summed E-state index contributed by atoms with van der Waals surface area (Å²) in [4.78, 5) is 26.5. The summed E-state index contributed by atoms with van der Waals surface area (Å²) in [6.07, 6.45) is 2.91. The van der Waals surface area contributed by atoms with E-state index in [2.05, 4.69) is 15.4 Å². The van der Waals surface area contributed by atoms with E-state index in [-0.39, 0.29) is 23.0 Å². The minimum atomic E-state index is -0.711. The van der Waals surface area contributed by atoms with E-state index in [9.17, 15) is 9.59 Å². The number of carbonyl (C=O) groups is 2. The molecule has 19 heavy (non-hydrogen) atoms. The topological polar surface area (TPSA) is 129 Å². The van der Waals surface area contributed by atoms with Gasteiger partial charge < -0.3 is 16.8 Å². The van der Waals surface area contributed by atoms with Crippen LogP contribution in [-0.4, -0.2) is 33.6 Å². The van der Waals surface area contributed by atoms with Crippen LogP contribution in [-0.2, 0) is 0 Å². The summed E-state index contributed by atoms with van der Waals surface area (Å²) in [6.45, 7) is 0. The Kier molecular flexibility index (Phi) is 3.15. The molecule has 2 aromatic heterocycles. The van der Waals surface area contributed by atoms with Crippen molar-refractivity contribution in [1.29, 1.82) is 0 Å². The maximum atomic E-state index is 11.5. The number of carbonyl (C=O) groups excluding carboxylic acids is 2. The van der Waals surface area contributed by atoms with Crippen LogP contribution < -0.4 is 16.8 Å². The SMILES string of the molecule is CNC(=O)c1cc(-n2cc(N)c(C(N)=O)n2)ccn1. The molecular formula is C11H12N6O2. The van der Waals surface area contributed by atoms with Crippen molar-refractivity contribution < 1.29 is 9.59 Å². The molecule has 0 radical (unpaired) electrons. The number of pyridine rings is 1. The summed E-state index contributed by atoms with van der Waals surface area (Å²) >= 11 is 0. The zero-order valence-corrected chi connectivity index (χ0v) is 10.1. The fraction of sp³-hybridized carbons (Fsp3) is 0.0909. The van der Waals surface area contributed by atoms with E-state index < -0.39 is 5.91 Å². The molecule has 98 valence electrons. The van der Waals surface area contributed by atoms with Gasteiger partial charge in [-0.25, -0.2) is 4.68 Å². The highest BCUT2D eigenvalue weighted by Gasteiger charge is 2.13. The number of nitrogens with one attached hydrogen (secondary N) is 1. The standard InChI is InChI=1S/C11H12N6O2/c1-14-11(19)8-4-6(2-3-15-8)17-5-7(12)9(16-17)10(13)18/h2-5H,12H2,1H3,(H2,13,18)(H,14,19). The number of rotatable bonds is 3. The van der Waals surface area contributed by atoms with Gasteiger partial charge in [0.1, 0.15) is 5.69 Å². The number of nitrogens with two attached hydrogens (primary N) is 2. The molecule has 0 fully saturated rings. The van der Waals surface area contributed by atoms with E-state index in [1.807, 2.05) is 0 Å². The first-order valence-corrected chi connectivity index (χ1v) is 5.36. The van der Waals surface area contributed by atoms with Crippen molar-refractivity contribution >= 4 is 17.5 Å². The third kappa shape index (κ3) is 2.37. The van der Waals surface area contributed by atoms with E-state index in [0.29, 0.717) is 5.69 Å². The van der Waals surface area contributed by atoms with E-state index >= 15 is 0 Å². The van der Waals surface area contributed by atoms with Crippen LogP contribution in [0.15, 0.2) is 24.5 Å². The van der Waals surface area contributed by atoms with E-state index in [1.54, 1.807) is 6.07 Å². The second-order valence-corrected chi connectivity index (χ2v) is 3.72. The van der Waals surface area contributed by atoms with Crippen molar-refractivity contribution in [2.45, 2.75) is 0 Å². The summed E-state index contributed by atoms with van der Waals surface area (Å²) in [7, 11) is 1.51. The third-order valence-electron chi connectivity index (χ3n) is 2.44. The first kappa shape index (κ1) is 12.6. The summed E-state index contributed by atoms with van der Waals surface area (Å²) in [5.74, 6) is -1.03. The molecule has 2 amide bonds. The minimum Gasteiger partial charge on any atom is -0.396 e. The van der Waals surface area contributed by atoms with Gasteiger partial charge in [0.25, 0.3) is 11.8 Å². The van der Waals surface area contributed by atoms with Gasteiger partial charge in [-0.05, 0) is 12.1 Å². The Morgan fingerprint density at radius 3 is 2.74 bits per heavy atom. The maximum Gasteiger partial charge on any atom is 0.271 e. The molecule has 0 bridgehead atoms. The van der Waals surface area contributed by atoms with Crippen LogP contribution in [0.2, 0.25) is 0 Å². The summed E-state index contributed by atoms with van der Waals surface area (Å²) in [5.41, 5.74) is 11.7. The van der Waals surface area contributed by atoms with Gasteiger partial charge in [-0.1, -0.05) is 0 Å². The highest BCUT2D eigenvalue weighted by atomic mass is 16.2. The molecule has 2 heterocycles. The van der Waals surface area contributed by atoms with Crippen molar-refractivity contribution in [2.75, 3.05) is 12.8 Å². The highest BCUT2D eigenvalue weighted by Crippen LogP contribution is 2.14. The fourth-order valence-electron chi connectivity index (χ4n) is 1.53. The van der Waals surface area contributed by atoms with Crippen LogP contribution in [0.1, 0.15) is 21.0 Å². The van der Waals surface area contributed by atoms with E-state index in [4.69, 9.17) is 11.5 Å². The minimum absolute atomic E-state index is 0.0155. The molecule has 8 nitrogen and oxygen atoms in total. The second kappa shape index (κ2) is 4.77. The quantitative estimate of drug-likeness (QED) is 0.672. The molecule has 8 heteroatoms. The second-order valence-electron chi connectivity index (χ2n) is 3.72. The monoisotopic (exact) mass is 260 g/mol. The smallest absolute Gasteiger partial charge is 0.271 e. The molecule has 0 saturated heterocycles. The summed E-state index contributed by atoms with van der Waals surface area (Å²) in [5, 5.41) is 6.43. The maximum absolute atomic E-state index is 11.5. The number of amides is 2. The lowest BCUT2D eigenvalue weighted by Gasteiger charge is -2.03. The Hall–Kier alpha value is -2.90. The van der Waals surface area contributed by atoms with Crippen LogP contribution in [0.5, 0.6) is 0 Å². The number of primary amides is 1. The molecule has 2 aromatic rings. The first-order valence-electron chi connectivity index (χ1n) is 5.36. The van der Waals surface area contributed by atoms with Crippen molar-refractivity contribution in [1.82, 2.24) is 20.1 Å². The van der Waals surface area contributed by atoms with Gasteiger partial charge in [0.2, 0.25) is 0 Å². The van der Waals surface area contributed by atoms with Crippen LogP contribution in [0.25, 0.3) is 5.69 Å². The van der Waals surface area contributed by atoms with Crippen LogP contribution >= 0.6 is 0 Å². The molecular weight excluding hydrogens is 248 g/mol. The third-order valence-corrected chi connectivity index (χ3v) is 2.44. The van der Waals surface area contributed by atoms with Gasteiger partial charge in [-0.2, -0.15) is 5.10 Å². The lowest BCUT2D eigenvalue weighted by atomic mass is 10.3.